The summed E-state index contributed by atoms with van der Waals surface area (Å²) in [6, 6.07) is 8.29. The van der Waals surface area contributed by atoms with Gasteiger partial charge in [0, 0.05) is 36.9 Å². The average molecular weight is 568 g/mol. The molecule has 0 spiro atoms. The van der Waals surface area contributed by atoms with Gasteiger partial charge in [0.15, 0.2) is 18.1 Å². The van der Waals surface area contributed by atoms with Gasteiger partial charge in [-0.3, -0.25) is 9.59 Å². The maximum atomic E-state index is 13.4. The fourth-order valence-corrected chi connectivity index (χ4v) is 4.82. The van der Waals surface area contributed by atoms with Crippen molar-refractivity contribution < 1.29 is 32.6 Å². The van der Waals surface area contributed by atoms with Crippen molar-refractivity contribution in [1.82, 2.24) is 19.8 Å². The first-order valence-corrected chi connectivity index (χ1v) is 12.8. The van der Waals surface area contributed by atoms with Crippen LogP contribution in [0.3, 0.4) is 0 Å². The molecule has 2 aromatic heterocycles. The number of nitrogens with zero attached hydrogens (tertiary/aromatic N) is 3. The Morgan fingerprint density at radius 3 is 2.56 bits per heavy atom. The lowest BCUT2D eigenvalue weighted by Gasteiger charge is -2.32. The maximum absolute atomic E-state index is 13.4. The third kappa shape index (κ3) is 6.56. The van der Waals surface area contributed by atoms with E-state index in [1.54, 1.807) is 37.4 Å². The Morgan fingerprint density at radius 1 is 1.23 bits per heavy atom. The van der Waals surface area contributed by atoms with Gasteiger partial charge in [0.1, 0.15) is 12.3 Å². The number of aromatic nitrogens is 2. The molecule has 39 heavy (non-hydrogen) atoms. The highest BCUT2D eigenvalue weighted by Gasteiger charge is 2.33. The first-order chi connectivity index (χ1) is 18.5. The lowest BCUT2D eigenvalue weighted by molar-refractivity contribution is -0.153. The third-order valence-corrected chi connectivity index (χ3v) is 6.78. The van der Waals surface area contributed by atoms with Crippen LogP contribution in [0.1, 0.15) is 35.9 Å². The zero-order valence-corrected chi connectivity index (χ0v) is 22.2. The van der Waals surface area contributed by atoms with E-state index >= 15 is 0 Å². The van der Waals surface area contributed by atoms with Crippen LogP contribution in [-0.2, 0) is 18.3 Å². The number of carbonyl (C=O) groups is 2. The minimum absolute atomic E-state index is 0.0856. The number of alkyl halides is 3. The highest BCUT2D eigenvalue weighted by atomic mass is 35.5. The van der Waals surface area contributed by atoms with Crippen LogP contribution in [-0.4, -0.2) is 69.9 Å². The van der Waals surface area contributed by atoms with Crippen molar-refractivity contribution in [2.45, 2.75) is 38.4 Å². The molecule has 3 aromatic rings. The summed E-state index contributed by atoms with van der Waals surface area (Å²) in [5.74, 6) is -1.22. The van der Waals surface area contributed by atoms with Crippen molar-refractivity contribution in [2.24, 2.45) is 7.05 Å². The van der Waals surface area contributed by atoms with Crippen LogP contribution in [0.15, 0.2) is 30.3 Å². The molecule has 1 aliphatic heterocycles. The van der Waals surface area contributed by atoms with E-state index in [9.17, 15) is 22.8 Å². The number of ether oxygens (including phenoxy) is 1. The SMILES string of the molecule is CCc1nc2c(cc1Nc1cccc(Cl)c1)c(OCC(F)(F)F)c(C(=O)NC1CCN(C(=O)CO)CC1)n2C. The third-order valence-electron chi connectivity index (χ3n) is 6.55. The second-order valence-corrected chi connectivity index (χ2v) is 9.71. The van der Waals surface area contributed by atoms with Crippen LogP contribution in [0.2, 0.25) is 5.02 Å². The Labute approximate surface area is 227 Å². The molecule has 0 aliphatic carbocycles. The molecule has 0 unspecified atom stereocenters. The van der Waals surface area contributed by atoms with E-state index in [1.165, 1.54) is 9.47 Å². The quantitative estimate of drug-likeness (QED) is 0.377. The molecular weight excluding hydrogens is 539 g/mol. The highest BCUT2D eigenvalue weighted by molar-refractivity contribution is 6.30. The molecule has 13 heteroatoms. The molecule has 210 valence electrons. The minimum atomic E-state index is -4.62. The van der Waals surface area contributed by atoms with Gasteiger partial charge in [0.2, 0.25) is 5.91 Å². The van der Waals surface area contributed by atoms with E-state index in [1.807, 2.05) is 6.92 Å². The molecule has 9 nitrogen and oxygen atoms in total. The molecule has 0 saturated carbocycles. The Morgan fingerprint density at radius 2 is 1.95 bits per heavy atom. The standard InChI is InChI=1S/C26H29ClF3N5O4/c1-3-19-20(31-17-6-4-5-15(27)11-17)12-18-23(39-14-26(28,29)30)22(34(2)24(18)33-19)25(38)32-16-7-9-35(10-8-16)21(37)13-36/h4-6,11-12,16,31,36H,3,7-10,13-14H2,1-2H3,(H,32,38). The number of hydrogen-bond acceptors (Lipinski definition) is 6. The Balaban J connectivity index is 1.70. The van der Waals surface area contributed by atoms with Gasteiger partial charge in [-0.25, -0.2) is 4.98 Å². The summed E-state index contributed by atoms with van der Waals surface area (Å²) >= 11 is 6.10. The molecule has 2 amide bonds. The number of benzene rings is 1. The number of rotatable bonds is 8. The molecule has 1 aliphatic rings. The van der Waals surface area contributed by atoms with E-state index in [0.29, 0.717) is 60.1 Å². The van der Waals surface area contributed by atoms with Crippen LogP contribution in [0, 0.1) is 0 Å². The van der Waals surface area contributed by atoms with Crippen LogP contribution in [0.25, 0.3) is 11.0 Å². The van der Waals surface area contributed by atoms with Gasteiger partial charge in [0.25, 0.3) is 5.91 Å². The number of hydrogen-bond donors (Lipinski definition) is 3. The van der Waals surface area contributed by atoms with Crippen molar-refractivity contribution in [2.75, 3.05) is 31.6 Å². The van der Waals surface area contributed by atoms with Crippen LogP contribution >= 0.6 is 11.6 Å². The fourth-order valence-electron chi connectivity index (χ4n) is 4.63. The molecule has 1 fully saturated rings. The number of aliphatic hydroxyl groups excluding tert-OH is 1. The second kappa shape index (κ2) is 11.7. The van der Waals surface area contributed by atoms with Gasteiger partial charge in [-0.15, -0.1) is 0 Å². The number of fused-ring (bicyclic) bond motifs is 1. The normalized spacial score (nSPS) is 14.5. The predicted octanol–water partition coefficient (Wildman–Crippen LogP) is 4.19. The van der Waals surface area contributed by atoms with Crippen LogP contribution < -0.4 is 15.4 Å². The Bertz CT molecular complexity index is 1370. The van der Waals surface area contributed by atoms with Gasteiger partial charge in [-0.1, -0.05) is 24.6 Å². The number of likely N-dealkylation sites (tertiary alicyclic amines) is 1. The molecule has 0 radical (unpaired) electrons. The minimum Gasteiger partial charge on any atom is -0.481 e. The Hall–Kier alpha value is -3.51. The number of amides is 2. The summed E-state index contributed by atoms with van der Waals surface area (Å²) in [7, 11) is 1.55. The number of pyridine rings is 1. The zero-order chi connectivity index (χ0) is 28.3. The number of carbonyl (C=O) groups excluding carboxylic acids is 2. The van der Waals surface area contributed by atoms with Gasteiger partial charge in [-0.05, 0) is 43.5 Å². The Kier molecular flexibility index (Phi) is 8.55. The fraction of sp³-hybridized carbons (Fsp3) is 0.423. The largest absolute Gasteiger partial charge is 0.481 e. The van der Waals surface area contributed by atoms with Gasteiger partial charge in [-0.2, -0.15) is 13.2 Å². The molecular formula is C26H29ClF3N5O4. The van der Waals surface area contributed by atoms with E-state index in [4.69, 9.17) is 21.4 Å². The van der Waals surface area contributed by atoms with Crippen LogP contribution in [0.5, 0.6) is 5.75 Å². The topological polar surface area (TPSA) is 109 Å². The maximum Gasteiger partial charge on any atom is 0.422 e. The molecule has 3 N–H and O–H groups in total. The van der Waals surface area contributed by atoms with Crippen molar-refractivity contribution in [3.05, 3.63) is 46.7 Å². The summed E-state index contributed by atoms with van der Waals surface area (Å²) in [6.07, 6.45) is -3.24. The zero-order valence-electron chi connectivity index (χ0n) is 21.4. The molecule has 1 saturated heterocycles. The second-order valence-electron chi connectivity index (χ2n) is 9.27. The monoisotopic (exact) mass is 567 g/mol. The van der Waals surface area contributed by atoms with E-state index in [-0.39, 0.29) is 22.9 Å². The molecule has 3 heterocycles. The molecule has 0 bridgehead atoms. The lowest BCUT2D eigenvalue weighted by Crippen LogP contribution is -2.47. The number of halogens is 4. The summed E-state index contributed by atoms with van der Waals surface area (Å²) in [4.78, 5) is 31.3. The number of piperidine rings is 1. The smallest absolute Gasteiger partial charge is 0.422 e. The van der Waals surface area contributed by atoms with E-state index in [0.717, 1.165) is 0 Å². The molecule has 1 aromatic carbocycles. The number of anilines is 2. The lowest BCUT2D eigenvalue weighted by atomic mass is 10.0. The summed E-state index contributed by atoms with van der Waals surface area (Å²) < 4.78 is 46.2. The van der Waals surface area contributed by atoms with Gasteiger partial charge >= 0.3 is 6.18 Å². The highest BCUT2D eigenvalue weighted by Crippen LogP contribution is 2.37. The summed E-state index contributed by atoms with van der Waals surface area (Å²) in [5.41, 5.74) is 2.06. The number of aryl methyl sites for hydroxylation is 2. The van der Waals surface area contributed by atoms with E-state index in [2.05, 4.69) is 15.6 Å². The summed E-state index contributed by atoms with van der Waals surface area (Å²) in [5, 5.41) is 15.9. The number of aliphatic hydroxyl groups is 1. The first-order valence-electron chi connectivity index (χ1n) is 12.4. The molecule has 0 atom stereocenters. The van der Waals surface area contributed by atoms with Gasteiger partial charge < -0.3 is 29.9 Å². The number of nitrogens with one attached hydrogen (secondary N) is 2. The average Bonchev–Trinajstić information content (AvgIpc) is 3.17. The van der Waals surface area contributed by atoms with Crippen molar-refractivity contribution in [3.63, 3.8) is 0 Å². The van der Waals surface area contributed by atoms with Gasteiger partial charge in [0.05, 0.1) is 16.8 Å². The van der Waals surface area contributed by atoms with E-state index < -0.39 is 31.2 Å². The molecule has 4 rings (SSSR count). The van der Waals surface area contributed by atoms with Crippen molar-refractivity contribution in [3.8, 4) is 5.75 Å². The van der Waals surface area contributed by atoms with Crippen LogP contribution in [0.4, 0.5) is 24.5 Å². The summed E-state index contributed by atoms with van der Waals surface area (Å²) in [6.45, 7) is 0.408. The predicted molar refractivity (Wildman–Crippen MR) is 141 cm³/mol. The van der Waals surface area contributed by atoms with Crippen molar-refractivity contribution >= 4 is 45.8 Å². The first kappa shape index (κ1) is 28.5. The van der Waals surface area contributed by atoms with Crippen molar-refractivity contribution in [1.29, 1.82) is 0 Å².